The minimum atomic E-state index is -0.427. The van der Waals surface area contributed by atoms with E-state index in [9.17, 15) is 9.90 Å². The summed E-state index contributed by atoms with van der Waals surface area (Å²) in [5.41, 5.74) is 1.98. The second kappa shape index (κ2) is 7.32. The summed E-state index contributed by atoms with van der Waals surface area (Å²) in [6.45, 7) is 4.54. The highest BCUT2D eigenvalue weighted by molar-refractivity contribution is 7.14. The molecule has 0 aliphatic heterocycles. The van der Waals surface area contributed by atoms with E-state index in [-0.39, 0.29) is 5.91 Å². The predicted octanol–water partition coefficient (Wildman–Crippen LogP) is 3.05. The van der Waals surface area contributed by atoms with Crippen molar-refractivity contribution in [2.75, 3.05) is 16.3 Å². The van der Waals surface area contributed by atoms with Crippen molar-refractivity contribution in [1.29, 1.82) is 0 Å². The Bertz CT molecular complexity index is 683. The first-order valence-corrected chi connectivity index (χ1v) is 9.15. The summed E-state index contributed by atoms with van der Waals surface area (Å²) in [5, 5.41) is 12.6. The number of aliphatic hydroxyl groups is 1. The highest BCUT2D eigenvalue weighted by Gasteiger charge is 2.33. The molecule has 1 N–H and O–H groups in total. The minimum absolute atomic E-state index is 0.0577. The molecule has 0 radical (unpaired) electrons. The van der Waals surface area contributed by atoms with Crippen LogP contribution in [-0.4, -0.2) is 34.7 Å². The molecule has 0 bridgehead atoms. The standard InChI is InChI=1S/C18H23N3O2S/c1-13(22)10-20(16-6-4-3-5-7-16)11-15-12-24-18(19-15)21(14(2)23)17-8-9-17/h3-7,12-13,17,22H,8-11H2,1-2H3. The Morgan fingerprint density at radius 3 is 2.67 bits per heavy atom. The maximum Gasteiger partial charge on any atom is 0.225 e. The SMILES string of the molecule is CC(=O)N(c1nc(CN(CC(C)O)c2ccccc2)cs1)C1CC1. The molecule has 0 spiro atoms. The quantitative estimate of drug-likeness (QED) is 0.838. The first-order chi connectivity index (χ1) is 11.5. The molecule has 128 valence electrons. The molecule has 24 heavy (non-hydrogen) atoms. The van der Waals surface area contributed by atoms with Gasteiger partial charge in [0.2, 0.25) is 5.91 Å². The van der Waals surface area contributed by atoms with Crippen LogP contribution in [0, 0.1) is 0 Å². The molecule has 1 atom stereocenters. The Balaban J connectivity index is 1.77. The van der Waals surface area contributed by atoms with Crippen LogP contribution >= 0.6 is 11.3 Å². The molecule has 1 unspecified atom stereocenters. The Morgan fingerprint density at radius 1 is 1.38 bits per heavy atom. The summed E-state index contributed by atoms with van der Waals surface area (Å²) in [4.78, 5) is 20.5. The molecule has 6 heteroatoms. The first-order valence-electron chi connectivity index (χ1n) is 8.27. The monoisotopic (exact) mass is 345 g/mol. The fourth-order valence-electron chi connectivity index (χ4n) is 2.77. The van der Waals surface area contributed by atoms with Gasteiger partial charge in [-0.3, -0.25) is 9.69 Å². The molecule has 1 saturated carbocycles. The number of carbonyl (C=O) groups excluding carboxylic acids is 1. The summed E-state index contributed by atoms with van der Waals surface area (Å²) in [7, 11) is 0. The van der Waals surface area contributed by atoms with Gasteiger partial charge in [0.1, 0.15) is 0 Å². The minimum Gasteiger partial charge on any atom is -0.392 e. The maximum absolute atomic E-state index is 11.9. The molecule has 2 aromatic rings. The number of nitrogens with zero attached hydrogens (tertiary/aromatic N) is 3. The summed E-state index contributed by atoms with van der Waals surface area (Å²) >= 11 is 1.52. The third-order valence-electron chi connectivity index (χ3n) is 3.96. The van der Waals surface area contributed by atoms with Crippen molar-refractivity contribution in [2.45, 2.75) is 45.4 Å². The van der Waals surface area contributed by atoms with Crippen LogP contribution in [0.2, 0.25) is 0 Å². The van der Waals surface area contributed by atoms with E-state index in [0.29, 0.717) is 19.1 Å². The number of amides is 1. The lowest BCUT2D eigenvalue weighted by atomic mass is 10.2. The number of thiazole rings is 1. The normalized spacial score (nSPS) is 15.1. The zero-order chi connectivity index (χ0) is 17.1. The van der Waals surface area contributed by atoms with Crippen molar-refractivity contribution in [2.24, 2.45) is 0 Å². The summed E-state index contributed by atoms with van der Waals surface area (Å²) in [6, 6.07) is 10.3. The van der Waals surface area contributed by atoms with E-state index in [2.05, 4.69) is 9.88 Å². The fraction of sp³-hybridized carbons (Fsp3) is 0.444. The summed E-state index contributed by atoms with van der Waals surface area (Å²) in [5.74, 6) is 0.0577. The molecule has 3 rings (SSSR count). The number of rotatable bonds is 7. The fourth-order valence-corrected chi connectivity index (χ4v) is 3.70. The molecule has 1 aromatic carbocycles. The maximum atomic E-state index is 11.9. The lowest BCUT2D eigenvalue weighted by Gasteiger charge is -2.25. The summed E-state index contributed by atoms with van der Waals surface area (Å²) < 4.78 is 0. The van der Waals surface area contributed by atoms with Gasteiger partial charge >= 0.3 is 0 Å². The number of benzene rings is 1. The van der Waals surface area contributed by atoms with Crippen LogP contribution < -0.4 is 9.80 Å². The van der Waals surface area contributed by atoms with Crippen molar-refractivity contribution in [3.05, 3.63) is 41.4 Å². The molecule has 1 aromatic heterocycles. The number of aromatic nitrogens is 1. The smallest absolute Gasteiger partial charge is 0.225 e. The van der Waals surface area contributed by atoms with Crippen LogP contribution in [0.15, 0.2) is 35.7 Å². The first kappa shape index (κ1) is 16.9. The molecule has 1 fully saturated rings. The molecule has 5 nitrogen and oxygen atoms in total. The number of para-hydroxylation sites is 1. The average Bonchev–Trinajstić information content (AvgIpc) is 3.26. The van der Waals surface area contributed by atoms with Gasteiger partial charge < -0.3 is 10.0 Å². The third-order valence-corrected chi connectivity index (χ3v) is 4.84. The molecular formula is C18H23N3O2S. The Hall–Kier alpha value is -1.92. The number of aliphatic hydroxyl groups excluding tert-OH is 1. The lowest BCUT2D eigenvalue weighted by molar-refractivity contribution is -0.116. The molecule has 1 amide bonds. The highest BCUT2D eigenvalue weighted by Crippen LogP contribution is 2.34. The van der Waals surface area contributed by atoms with Gasteiger partial charge in [-0.05, 0) is 31.9 Å². The number of hydrogen-bond acceptors (Lipinski definition) is 5. The zero-order valence-electron chi connectivity index (χ0n) is 14.1. The van der Waals surface area contributed by atoms with Gasteiger partial charge in [-0.15, -0.1) is 11.3 Å². The van der Waals surface area contributed by atoms with Crippen molar-refractivity contribution in [1.82, 2.24) is 4.98 Å². The van der Waals surface area contributed by atoms with Crippen LogP contribution in [0.25, 0.3) is 0 Å². The molecule has 1 aliphatic carbocycles. The Kier molecular flexibility index (Phi) is 5.16. The van der Waals surface area contributed by atoms with Gasteiger partial charge in [-0.2, -0.15) is 0 Å². The Labute approximate surface area is 146 Å². The molecule has 1 aliphatic rings. The van der Waals surface area contributed by atoms with Gasteiger partial charge in [-0.1, -0.05) is 18.2 Å². The average molecular weight is 345 g/mol. The summed E-state index contributed by atoms with van der Waals surface area (Å²) in [6.07, 6.45) is 1.70. The van der Waals surface area contributed by atoms with Gasteiger partial charge in [0.05, 0.1) is 18.3 Å². The molecular weight excluding hydrogens is 322 g/mol. The van der Waals surface area contributed by atoms with Crippen molar-refractivity contribution in [3.63, 3.8) is 0 Å². The molecule has 1 heterocycles. The second-order valence-corrected chi connectivity index (χ2v) is 7.14. The van der Waals surface area contributed by atoms with Crippen molar-refractivity contribution in [3.8, 4) is 0 Å². The van der Waals surface area contributed by atoms with Gasteiger partial charge in [-0.25, -0.2) is 4.98 Å². The lowest BCUT2D eigenvalue weighted by Crippen LogP contribution is -2.31. The van der Waals surface area contributed by atoms with Crippen LogP contribution in [0.1, 0.15) is 32.4 Å². The van der Waals surface area contributed by atoms with Crippen molar-refractivity contribution < 1.29 is 9.90 Å². The van der Waals surface area contributed by atoms with Crippen LogP contribution in [-0.2, 0) is 11.3 Å². The highest BCUT2D eigenvalue weighted by atomic mass is 32.1. The van der Waals surface area contributed by atoms with Crippen LogP contribution in [0.5, 0.6) is 0 Å². The van der Waals surface area contributed by atoms with Gasteiger partial charge in [0.25, 0.3) is 0 Å². The second-order valence-electron chi connectivity index (χ2n) is 6.31. The van der Waals surface area contributed by atoms with Gasteiger partial charge in [0.15, 0.2) is 5.13 Å². The number of anilines is 2. The predicted molar refractivity (Wildman–Crippen MR) is 97.5 cm³/mol. The van der Waals surface area contributed by atoms with E-state index in [1.165, 1.54) is 11.3 Å². The zero-order valence-corrected chi connectivity index (χ0v) is 14.9. The number of hydrogen-bond donors (Lipinski definition) is 1. The van der Waals surface area contributed by atoms with Crippen LogP contribution in [0.4, 0.5) is 10.8 Å². The Morgan fingerprint density at radius 2 is 2.08 bits per heavy atom. The van der Waals surface area contributed by atoms with E-state index < -0.39 is 6.10 Å². The topological polar surface area (TPSA) is 56.7 Å². The molecule has 0 saturated heterocycles. The van der Waals surface area contributed by atoms with Crippen molar-refractivity contribution >= 4 is 28.1 Å². The van der Waals surface area contributed by atoms with E-state index in [4.69, 9.17) is 0 Å². The van der Waals surface area contributed by atoms with E-state index in [1.54, 1.807) is 13.8 Å². The third kappa shape index (κ3) is 4.13. The van der Waals surface area contributed by atoms with E-state index in [0.717, 1.165) is 29.4 Å². The number of carbonyl (C=O) groups is 1. The van der Waals surface area contributed by atoms with E-state index >= 15 is 0 Å². The van der Waals surface area contributed by atoms with E-state index in [1.807, 2.05) is 40.6 Å². The van der Waals surface area contributed by atoms with Crippen LogP contribution in [0.3, 0.4) is 0 Å². The largest absolute Gasteiger partial charge is 0.392 e. The van der Waals surface area contributed by atoms with Gasteiger partial charge in [0, 0.05) is 30.6 Å².